The maximum Gasteiger partial charge on any atom is 0.277 e. The zero-order valence-corrected chi connectivity index (χ0v) is 22.5. The van der Waals surface area contributed by atoms with Crippen LogP contribution >= 0.6 is 0 Å². The third-order valence-electron chi connectivity index (χ3n) is 8.01. The molecule has 0 fully saturated rings. The Morgan fingerprint density at radius 3 is 2.68 bits per heavy atom. The van der Waals surface area contributed by atoms with Gasteiger partial charge < -0.3 is 9.13 Å². The van der Waals surface area contributed by atoms with Gasteiger partial charge in [-0.05, 0) is 58.0 Å². The maximum absolute atomic E-state index is 13.9. The topological polar surface area (TPSA) is 118 Å². The minimum atomic E-state index is -0.0958. The van der Waals surface area contributed by atoms with Crippen molar-refractivity contribution in [2.24, 2.45) is 0 Å². The molecule has 1 atom stereocenters. The van der Waals surface area contributed by atoms with E-state index in [0.29, 0.717) is 35.4 Å². The molecule has 41 heavy (non-hydrogen) atoms. The van der Waals surface area contributed by atoms with E-state index < -0.39 is 0 Å². The number of nitrogens with zero attached hydrogens (tertiary/aromatic N) is 7. The number of benzene rings is 3. The molecule has 7 rings (SSSR count). The number of rotatable bonds is 6. The molecule has 9 heteroatoms. The second kappa shape index (κ2) is 9.99. The molecule has 1 aliphatic rings. The van der Waals surface area contributed by atoms with Crippen molar-refractivity contribution in [3.63, 3.8) is 0 Å². The van der Waals surface area contributed by atoms with Crippen LogP contribution in [0.1, 0.15) is 47.5 Å². The molecule has 0 aliphatic heterocycles. The number of H-pyrrole nitrogens is 1. The van der Waals surface area contributed by atoms with Gasteiger partial charge in [0.1, 0.15) is 11.3 Å². The van der Waals surface area contributed by atoms with Gasteiger partial charge in [0.15, 0.2) is 0 Å². The van der Waals surface area contributed by atoms with Crippen LogP contribution in [0.5, 0.6) is 0 Å². The first kappa shape index (κ1) is 24.7. The summed E-state index contributed by atoms with van der Waals surface area (Å²) in [6.07, 6.45) is 4.28. The summed E-state index contributed by atoms with van der Waals surface area (Å²) in [4.78, 5) is 18.8. The van der Waals surface area contributed by atoms with Gasteiger partial charge in [-0.15, -0.1) is 10.2 Å². The molecule has 200 valence electrons. The van der Waals surface area contributed by atoms with Crippen LogP contribution in [0.3, 0.4) is 0 Å². The third kappa shape index (κ3) is 4.12. The molecule has 9 nitrogen and oxygen atoms in total. The quantitative estimate of drug-likeness (QED) is 0.317. The molecule has 0 amide bonds. The smallest absolute Gasteiger partial charge is 0.277 e. The van der Waals surface area contributed by atoms with E-state index >= 15 is 0 Å². The van der Waals surface area contributed by atoms with Crippen molar-refractivity contribution >= 4 is 11.0 Å². The van der Waals surface area contributed by atoms with Gasteiger partial charge in [0.2, 0.25) is 5.82 Å². The standard InChI is InChI=1S/C32H26N8O/c1-2-29-34-27-15-16-39(19-23-8-4-3-7-22(23)18-33)32(41)30(27)40(29)28-14-12-21-17-20(11-13-25(21)28)24-9-5-6-10-26(24)31-35-37-38-36-31/h3-11,13,15-17,28H,2,12,14,19H2,1H3,(H,35,36,37,38)/t28-/m0/s1. The average Bonchev–Trinajstić information content (AvgIpc) is 3.77. The second-order valence-electron chi connectivity index (χ2n) is 10.3. The number of tetrazole rings is 1. The molecule has 0 unspecified atom stereocenters. The first-order valence-corrected chi connectivity index (χ1v) is 13.7. The Morgan fingerprint density at radius 1 is 1.05 bits per heavy atom. The summed E-state index contributed by atoms with van der Waals surface area (Å²) in [5, 5.41) is 24.2. The van der Waals surface area contributed by atoms with E-state index in [9.17, 15) is 10.1 Å². The zero-order chi connectivity index (χ0) is 27.9. The lowest BCUT2D eigenvalue weighted by molar-refractivity contribution is 0.567. The number of nitriles is 1. The predicted octanol–water partition coefficient (Wildman–Crippen LogP) is 5.06. The highest BCUT2D eigenvalue weighted by atomic mass is 16.1. The Bertz CT molecular complexity index is 2010. The van der Waals surface area contributed by atoms with Gasteiger partial charge in [-0.2, -0.15) is 10.5 Å². The molecule has 1 N–H and O–H groups in total. The van der Waals surface area contributed by atoms with Crippen molar-refractivity contribution in [2.45, 2.75) is 38.8 Å². The molecule has 3 aromatic carbocycles. The van der Waals surface area contributed by atoms with Crippen LogP contribution in [0.2, 0.25) is 0 Å². The molecule has 3 aromatic heterocycles. The number of pyridine rings is 1. The summed E-state index contributed by atoms with van der Waals surface area (Å²) in [6.45, 7) is 2.41. The summed E-state index contributed by atoms with van der Waals surface area (Å²) < 4.78 is 3.84. The van der Waals surface area contributed by atoms with Gasteiger partial charge in [0.25, 0.3) is 5.56 Å². The summed E-state index contributed by atoms with van der Waals surface area (Å²) in [5.74, 6) is 1.46. The fraction of sp³-hybridized carbons (Fsp3) is 0.188. The van der Waals surface area contributed by atoms with Crippen molar-refractivity contribution < 1.29 is 0 Å². The highest BCUT2D eigenvalue weighted by Crippen LogP contribution is 2.40. The van der Waals surface area contributed by atoms with Crippen LogP contribution in [0, 0.1) is 11.3 Å². The normalized spacial score (nSPS) is 14.3. The second-order valence-corrected chi connectivity index (χ2v) is 10.3. The van der Waals surface area contributed by atoms with E-state index in [1.54, 1.807) is 16.8 Å². The Morgan fingerprint density at radius 2 is 1.88 bits per heavy atom. The molecule has 0 saturated carbocycles. The number of aromatic amines is 1. The van der Waals surface area contributed by atoms with Crippen LogP contribution < -0.4 is 5.56 Å². The fourth-order valence-corrected chi connectivity index (χ4v) is 6.09. The van der Waals surface area contributed by atoms with Gasteiger partial charge in [0, 0.05) is 18.2 Å². The third-order valence-corrected chi connectivity index (χ3v) is 8.01. The lowest BCUT2D eigenvalue weighted by Crippen LogP contribution is -2.24. The van der Waals surface area contributed by atoms with E-state index in [2.05, 4.69) is 62.4 Å². The van der Waals surface area contributed by atoms with Gasteiger partial charge in [-0.3, -0.25) is 4.79 Å². The van der Waals surface area contributed by atoms with Crippen LogP contribution in [-0.2, 0) is 19.4 Å². The number of imidazole rings is 1. The van der Waals surface area contributed by atoms with E-state index in [-0.39, 0.29) is 11.6 Å². The Hall–Kier alpha value is -5.36. The number of aromatic nitrogens is 7. The summed E-state index contributed by atoms with van der Waals surface area (Å²) >= 11 is 0. The average molecular weight is 539 g/mol. The van der Waals surface area contributed by atoms with Gasteiger partial charge in [-0.1, -0.05) is 67.6 Å². The summed E-state index contributed by atoms with van der Waals surface area (Å²) in [5.41, 5.74) is 8.14. The van der Waals surface area contributed by atoms with Crippen LogP contribution in [-0.4, -0.2) is 34.7 Å². The van der Waals surface area contributed by atoms with Crippen LogP contribution in [0.25, 0.3) is 33.5 Å². The van der Waals surface area contributed by atoms with Gasteiger partial charge in [-0.25, -0.2) is 4.98 Å². The summed E-state index contributed by atoms with van der Waals surface area (Å²) in [7, 11) is 0. The Labute approximate surface area is 235 Å². The van der Waals surface area contributed by atoms with E-state index in [0.717, 1.165) is 40.9 Å². The lowest BCUT2D eigenvalue weighted by atomic mass is 9.96. The fourth-order valence-electron chi connectivity index (χ4n) is 6.09. The number of hydrogen-bond donors (Lipinski definition) is 1. The highest BCUT2D eigenvalue weighted by molar-refractivity contribution is 5.81. The molecule has 1 aliphatic carbocycles. The van der Waals surface area contributed by atoms with E-state index in [1.807, 2.05) is 42.5 Å². The zero-order valence-electron chi connectivity index (χ0n) is 22.5. The highest BCUT2D eigenvalue weighted by Gasteiger charge is 2.29. The maximum atomic E-state index is 13.9. The van der Waals surface area contributed by atoms with Crippen molar-refractivity contribution in [3.05, 3.63) is 117 Å². The number of aryl methyl sites for hydroxylation is 2. The molecule has 0 spiro atoms. The van der Waals surface area contributed by atoms with Crippen molar-refractivity contribution in [2.75, 3.05) is 0 Å². The summed E-state index contributed by atoms with van der Waals surface area (Å²) in [6, 6.07) is 26.2. The minimum absolute atomic E-state index is 0.0152. The first-order valence-electron chi connectivity index (χ1n) is 13.7. The van der Waals surface area contributed by atoms with E-state index in [4.69, 9.17) is 4.98 Å². The van der Waals surface area contributed by atoms with Crippen LogP contribution in [0.15, 0.2) is 83.8 Å². The van der Waals surface area contributed by atoms with E-state index in [1.165, 1.54) is 11.1 Å². The molecule has 0 radical (unpaired) electrons. The molecule has 0 saturated heterocycles. The number of nitrogens with one attached hydrogen (secondary N) is 1. The molecular weight excluding hydrogens is 512 g/mol. The molecular formula is C32H26N8O. The number of fused-ring (bicyclic) bond motifs is 2. The minimum Gasteiger partial charge on any atom is -0.316 e. The molecule has 6 aromatic rings. The SMILES string of the molecule is CCc1nc2ccn(Cc3ccccc3C#N)c(=O)c2n1[C@H]1CCc2cc(-c3ccccc3-c3nn[nH]n3)ccc21. The first-order chi connectivity index (χ1) is 20.2. The number of hydrogen-bond acceptors (Lipinski definition) is 6. The monoisotopic (exact) mass is 538 g/mol. The Balaban J connectivity index is 1.31. The van der Waals surface area contributed by atoms with Crippen molar-refractivity contribution in [1.82, 2.24) is 34.7 Å². The molecule has 0 bridgehead atoms. The molecule has 3 heterocycles. The predicted molar refractivity (Wildman–Crippen MR) is 155 cm³/mol. The Kier molecular flexibility index (Phi) is 6.01. The van der Waals surface area contributed by atoms with Crippen molar-refractivity contribution in [1.29, 1.82) is 5.26 Å². The largest absolute Gasteiger partial charge is 0.316 e. The van der Waals surface area contributed by atoms with Gasteiger partial charge in [0.05, 0.1) is 29.7 Å². The van der Waals surface area contributed by atoms with Gasteiger partial charge >= 0.3 is 0 Å². The van der Waals surface area contributed by atoms with Crippen LogP contribution in [0.4, 0.5) is 0 Å². The van der Waals surface area contributed by atoms with Crippen molar-refractivity contribution in [3.8, 4) is 28.6 Å². The lowest BCUT2D eigenvalue weighted by Gasteiger charge is -2.18.